The Kier molecular flexibility index (Phi) is 6.26. The van der Waals surface area contributed by atoms with Crippen LogP contribution in [-0.4, -0.2) is 23.6 Å². The van der Waals surface area contributed by atoms with E-state index < -0.39 is 0 Å². The van der Waals surface area contributed by atoms with Crippen molar-refractivity contribution in [1.29, 1.82) is 0 Å². The molecule has 5 nitrogen and oxygen atoms in total. The second-order valence-corrected chi connectivity index (χ2v) is 6.79. The molecule has 27 heavy (non-hydrogen) atoms. The highest BCUT2D eigenvalue weighted by atomic mass is 16.5. The van der Waals surface area contributed by atoms with E-state index in [4.69, 9.17) is 9.72 Å². The van der Waals surface area contributed by atoms with Crippen molar-refractivity contribution < 1.29 is 4.74 Å². The van der Waals surface area contributed by atoms with Crippen molar-refractivity contribution in [1.82, 2.24) is 9.97 Å². The molecule has 0 aliphatic carbocycles. The van der Waals surface area contributed by atoms with Crippen LogP contribution in [0.3, 0.4) is 0 Å². The number of ether oxygens (including phenoxy) is 1. The predicted molar refractivity (Wildman–Crippen MR) is 112 cm³/mol. The lowest BCUT2D eigenvalue weighted by atomic mass is 10.1. The lowest BCUT2D eigenvalue weighted by Gasteiger charge is -2.12. The first-order valence-electron chi connectivity index (χ1n) is 9.23. The van der Waals surface area contributed by atoms with E-state index in [0.29, 0.717) is 11.9 Å². The van der Waals surface area contributed by atoms with Crippen molar-refractivity contribution in [2.24, 2.45) is 5.92 Å². The number of rotatable bonds is 8. The van der Waals surface area contributed by atoms with Gasteiger partial charge < -0.3 is 15.4 Å². The van der Waals surface area contributed by atoms with Gasteiger partial charge in [0.25, 0.3) is 0 Å². The third kappa shape index (κ3) is 5.45. The van der Waals surface area contributed by atoms with Gasteiger partial charge in [-0.1, -0.05) is 44.2 Å². The molecule has 1 heterocycles. The fraction of sp³-hybridized carbons (Fsp3) is 0.273. The summed E-state index contributed by atoms with van der Waals surface area (Å²) in [5, 5.41) is 6.71. The maximum atomic E-state index is 5.21. The maximum absolute atomic E-state index is 5.21. The largest absolute Gasteiger partial charge is 0.497 e. The topological polar surface area (TPSA) is 59.1 Å². The molecule has 0 atom stereocenters. The summed E-state index contributed by atoms with van der Waals surface area (Å²) in [4.78, 5) is 9.32. The molecule has 0 unspecified atom stereocenters. The molecule has 140 valence electrons. The van der Waals surface area contributed by atoms with Crippen LogP contribution in [0.2, 0.25) is 0 Å². The summed E-state index contributed by atoms with van der Waals surface area (Å²) in [6, 6.07) is 19.8. The molecule has 0 aliphatic rings. The first kappa shape index (κ1) is 18.7. The van der Waals surface area contributed by atoms with Gasteiger partial charge in [-0.2, -0.15) is 4.98 Å². The normalized spacial score (nSPS) is 10.7. The van der Waals surface area contributed by atoms with Gasteiger partial charge in [0, 0.05) is 23.9 Å². The lowest BCUT2D eigenvalue weighted by molar-refractivity contribution is 0.415. The number of hydrogen-bond acceptors (Lipinski definition) is 5. The van der Waals surface area contributed by atoms with Crippen molar-refractivity contribution in [2.75, 3.05) is 24.3 Å². The highest BCUT2D eigenvalue weighted by molar-refractivity contribution is 5.66. The van der Waals surface area contributed by atoms with Crippen molar-refractivity contribution in [3.05, 3.63) is 60.7 Å². The van der Waals surface area contributed by atoms with E-state index in [2.05, 4.69) is 41.6 Å². The van der Waals surface area contributed by atoms with E-state index >= 15 is 0 Å². The summed E-state index contributed by atoms with van der Waals surface area (Å²) < 4.78 is 5.21. The first-order chi connectivity index (χ1) is 13.1. The van der Waals surface area contributed by atoms with Crippen LogP contribution >= 0.6 is 0 Å². The van der Waals surface area contributed by atoms with E-state index in [-0.39, 0.29) is 0 Å². The summed E-state index contributed by atoms with van der Waals surface area (Å²) in [5.74, 6) is 2.84. The Morgan fingerprint density at radius 1 is 0.963 bits per heavy atom. The summed E-state index contributed by atoms with van der Waals surface area (Å²) in [5.41, 5.74) is 2.85. The van der Waals surface area contributed by atoms with Gasteiger partial charge in [-0.05, 0) is 36.6 Å². The molecule has 5 heteroatoms. The van der Waals surface area contributed by atoms with Crippen molar-refractivity contribution >= 4 is 17.5 Å². The lowest BCUT2D eigenvalue weighted by Crippen LogP contribution is -2.08. The Morgan fingerprint density at radius 3 is 2.37 bits per heavy atom. The van der Waals surface area contributed by atoms with Crippen LogP contribution in [0.4, 0.5) is 17.5 Å². The molecule has 2 aromatic carbocycles. The molecule has 0 fully saturated rings. The van der Waals surface area contributed by atoms with Crippen LogP contribution in [0.25, 0.3) is 11.3 Å². The number of anilines is 3. The minimum Gasteiger partial charge on any atom is -0.497 e. The minimum absolute atomic E-state index is 0.563. The van der Waals surface area contributed by atoms with E-state index in [9.17, 15) is 0 Å². The number of methoxy groups -OCH3 is 1. The quantitative estimate of drug-likeness (QED) is 0.565. The second-order valence-electron chi connectivity index (χ2n) is 6.79. The van der Waals surface area contributed by atoms with Crippen LogP contribution < -0.4 is 15.4 Å². The van der Waals surface area contributed by atoms with Crippen LogP contribution in [0, 0.1) is 5.92 Å². The maximum Gasteiger partial charge on any atom is 0.229 e. The van der Waals surface area contributed by atoms with Crippen molar-refractivity contribution in [2.45, 2.75) is 20.3 Å². The smallest absolute Gasteiger partial charge is 0.229 e. The van der Waals surface area contributed by atoms with Gasteiger partial charge in [-0.3, -0.25) is 0 Å². The zero-order valence-electron chi connectivity index (χ0n) is 16.1. The summed E-state index contributed by atoms with van der Waals surface area (Å²) in [7, 11) is 1.66. The Morgan fingerprint density at radius 2 is 1.70 bits per heavy atom. The highest BCUT2D eigenvalue weighted by Gasteiger charge is 2.08. The van der Waals surface area contributed by atoms with Crippen LogP contribution in [0.1, 0.15) is 20.3 Å². The predicted octanol–water partition coefficient (Wildman–Crippen LogP) is 5.35. The molecule has 0 saturated heterocycles. The van der Waals surface area contributed by atoms with Crippen molar-refractivity contribution in [3.8, 4) is 17.0 Å². The average molecular weight is 362 g/mol. The van der Waals surface area contributed by atoms with E-state index in [1.807, 2.05) is 48.5 Å². The molecule has 0 aliphatic heterocycles. The molecule has 3 rings (SSSR count). The van der Waals surface area contributed by atoms with Crippen LogP contribution in [0.15, 0.2) is 60.7 Å². The number of hydrogen-bond donors (Lipinski definition) is 2. The van der Waals surface area contributed by atoms with E-state index in [0.717, 1.165) is 41.5 Å². The van der Waals surface area contributed by atoms with Crippen LogP contribution in [0.5, 0.6) is 5.75 Å². The molecule has 0 bridgehead atoms. The van der Waals surface area contributed by atoms with Gasteiger partial charge in [0.05, 0.1) is 12.8 Å². The number of benzene rings is 2. The summed E-state index contributed by atoms with van der Waals surface area (Å²) in [6.07, 6.45) is 1.09. The Hall–Kier alpha value is -3.08. The third-order valence-corrected chi connectivity index (χ3v) is 4.17. The monoisotopic (exact) mass is 362 g/mol. The molecule has 3 aromatic rings. The molecule has 0 amide bonds. The molecule has 2 N–H and O–H groups in total. The summed E-state index contributed by atoms with van der Waals surface area (Å²) >= 11 is 0. The Balaban J connectivity index is 1.86. The average Bonchev–Trinajstić information content (AvgIpc) is 2.69. The second kappa shape index (κ2) is 9.03. The molecule has 0 spiro atoms. The Labute approximate surface area is 160 Å². The molecular formula is C22H26N4O. The van der Waals surface area contributed by atoms with Gasteiger partial charge in [0.1, 0.15) is 11.6 Å². The first-order valence-corrected chi connectivity index (χ1v) is 9.23. The number of nitrogens with zero attached hydrogens (tertiary/aromatic N) is 2. The molecular weight excluding hydrogens is 336 g/mol. The van der Waals surface area contributed by atoms with E-state index in [1.54, 1.807) is 7.11 Å². The van der Waals surface area contributed by atoms with Gasteiger partial charge in [-0.15, -0.1) is 0 Å². The van der Waals surface area contributed by atoms with E-state index in [1.165, 1.54) is 0 Å². The minimum atomic E-state index is 0.563. The molecule has 0 saturated carbocycles. The van der Waals surface area contributed by atoms with Gasteiger partial charge in [-0.25, -0.2) is 4.98 Å². The fourth-order valence-corrected chi connectivity index (χ4v) is 2.64. The standard InChI is InChI=1S/C22H26N4O/c1-16(2)13-14-23-21-15-20(17-7-5-4-6-8-17)25-22(26-21)24-18-9-11-19(27-3)12-10-18/h4-12,15-16H,13-14H2,1-3H3,(H2,23,24,25,26). The molecule has 1 aromatic heterocycles. The number of nitrogens with one attached hydrogen (secondary N) is 2. The zero-order valence-corrected chi connectivity index (χ0v) is 16.1. The Bertz CT molecular complexity index is 848. The van der Waals surface area contributed by atoms with Crippen LogP contribution in [-0.2, 0) is 0 Å². The third-order valence-electron chi connectivity index (χ3n) is 4.17. The molecule has 0 radical (unpaired) electrons. The highest BCUT2D eigenvalue weighted by Crippen LogP contribution is 2.24. The van der Waals surface area contributed by atoms with Gasteiger partial charge >= 0.3 is 0 Å². The summed E-state index contributed by atoms with van der Waals surface area (Å²) in [6.45, 7) is 5.31. The van der Waals surface area contributed by atoms with Gasteiger partial charge in [0.15, 0.2) is 0 Å². The van der Waals surface area contributed by atoms with Gasteiger partial charge in [0.2, 0.25) is 5.95 Å². The SMILES string of the molecule is COc1ccc(Nc2nc(NCCC(C)C)cc(-c3ccccc3)n2)cc1. The number of aromatic nitrogens is 2. The van der Waals surface area contributed by atoms with Crippen molar-refractivity contribution in [3.63, 3.8) is 0 Å². The zero-order chi connectivity index (χ0) is 19.1. The fourth-order valence-electron chi connectivity index (χ4n) is 2.64.